The first kappa shape index (κ1) is 9.88. The van der Waals surface area contributed by atoms with Gasteiger partial charge in [-0.25, -0.2) is 9.97 Å². The van der Waals surface area contributed by atoms with Crippen LogP contribution in [0.3, 0.4) is 0 Å². The van der Waals surface area contributed by atoms with Gasteiger partial charge in [-0.1, -0.05) is 13.8 Å². The Kier molecular flexibility index (Phi) is 5.07. The van der Waals surface area contributed by atoms with Crippen molar-refractivity contribution in [2.24, 2.45) is 0 Å². The van der Waals surface area contributed by atoms with Gasteiger partial charge in [0.25, 0.3) is 0 Å². The standard InChI is InChI=1S/C6H8N2O.C2H6/c1-5-3-7-6(9-2)8-4-5;1-2/h3-4H,1-2H3;1-2H3. The summed E-state index contributed by atoms with van der Waals surface area (Å²) in [5, 5.41) is 0. The van der Waals surface area contributed by atoms with Gasteiger partial charge in [0.15, 0.2) is 0 Å². The molecule has 0 spiro atoms. The summed E-state index contributed by atoms with van der Waals surface area (Å²) < 4.78 is 4.75. The lowest BCUT2D eigenvalue weighted by atomic mass is 10.4. The summed E-state index contributed by atoms with van der Waals surface area (Å²) in [5.74, 6) is 0. The Hall–Kier alpha value is -1.12. The molecule has 3 nitrogen and oxygen atoms in total. The van der Waals surface area contributed by atoms with Crippen LogP contribution in [0.2, 0.25) is 0 Å². The largest absolute Gasteiger partial charge is 0.467 e. The number of hydrogen-bond acceptors (Lipinski definition) is 3. The van der Waals surface area contributed by atoms with Crippen LogP contribution in [0.25, 0.3) is 0 Å². The second-order valence-corrected chi connectivity index (χ2v) is 1.75. The molecule has 0 aliphatic carbocycles. The van der Waals surface area contributed by atoms with Crippen LogP contribution in [-0.4, -0.2) is 17.1 Å². The van der Waals surface area contributed by atoms with Gasteiger partial charge in [-0.2, -0.15) is 0 Å². The van der Waals surface area contributed by atoms with Gasteiger partial charge in [-0.15, -0.1) is 0 Å². The predicted octanol–water partition coefficient (Wildman–Crippen LogP) is 1.82. The van der Waals surface area contributed by atoms with E-state index in [1.54, 1.807) is 19.5 Å². The van der Waals surface area contributed by atoms with E-state index in [1.165, 1.54) is 0 Å². The Labute approximate surface area is 67.4 Å². The van der Waals surface area contributed by atoms with E-state index in [9.17, 15) is 0 Å². The first-order chi connectivity index (χ1) is 5.33. The highest BCUT2D eigenvalue weighted by molar-refractivity contribution is 5.04. The van der Waals surface area contributed by atoms with Crippen LogP contribution < -0.4 is 4.74 Å². The minimum Gasteiger partial charge on any atom is -0.467 e. The minimum atomic E-state index is 0.417. The summed E-state index contributed by atoms with van der Waals surface area (Å²) in [4.78, 5) is 7.73. The highest BCUT2D eigenvalue weighted by Crippen LogP contribution is 1.98. The molecule has 3 heteroatoms. The Balaban J connectivity index is 0.000000461. The molecule has 0 radical (unpaired) electrons. The Morgan fingerprint density at radius 1 is 1.18 bits per heavy atom. The smallest absolute Gasteiger partial charge is 0.316 e. The Morgan fingerprint density at radius 3 is 2.00 bits per heavy atom. The van der Waals surface area contributed by atoms with E-state index in [0.717, 1.165) is 5.56 Å². The van der Waals surface area contributed by atoms with Crippen LogP contribution in [0.4, 0.5) is 0 Å². The first-order valence-corrected chi connectivity index (χ1v) is 3.65. The molecule has 0 saturated carbocycles. The van der Waals surface area contributed by atoms with Crippen molar-refractivity contribution in [3.63, 3.8) is 0 Å². The van der Waals surface area contributed by atoms with Crippen molar-refractivity contribution in [2.75, 3.05) is 7.11 Å². The number of rotatable bonds is 1. The molecule has 11 heavy (non-hydrogen) atoms. The maximum atomic E-state index is 4.75. The minimum absolute atomic E-state index is 0.417. The van der Waals surface area contributed by atoms with Crippen LogP contribution in [0, 0.1) is 6.92 Å². The topological polar surface area (TPSA) is 35.0 Å². The van der Waals surface area contributed by atoms with Crippen LogP contribution in [0.1, 0.15) is 19.4 Å². The SMILES string of the molecule is CC.COc1ncc(C)cn1. The van der Waals surface area contributed by atoms with E-state index in [4.69, 9.17) is 4.74 Å². The van der Waals surface area contributed by atoms with E-state index >= 15 is 0 Å². The predicted molar refractivity (Wildman–Crippen MR) is 44.7 cm³/mol. The summed E-state index contributed by atoms with van der Waals surface area (Å²) in [7, 11) is 1.55. The molecule has 0 aliphatic rings. The molecule has 0 aromatic carbocycles. The molecule has 0 fully saturated rings. The lowest BCUT2D eigenvalue weighted by Crippen LogP contribution is -1.90. The molecule has 0 unspecified atom stereocenters. The fraction of sp³-hybridized carbons (Fsp3) is 0.500. The highest BCUT2D eigenvalue weighted by Gasteiger charge is 1.89. The van der Waals surface area contributed by atoms with Crippen molar-refractivity contribution in [2.45, 2.75) is 20.8 Å². The Bertz CT molecular complexity index is 184. The van der Waals surface area contributed by atoms with E-state index in [1.807, 2.05) is 20.8 Å². The lowest BCUT2D eigenvalue weighted by Gasteiger charge is -1.94. The zero-order valence-corrected chi connectivity index (χ0v) is 7.46. The van der Waals surface area contributed by atoms with Gasteiger partial charge < -0.3 is 4.74 Å². The highest BCUT2D eigenvalue weighted by atomic mass is 16.5. The molecular weight excluding hydrogens is 140 g/mol. The van der Waals surface area contributed by atoms with E-state index in [2.05, 4.69) is 9.97 Å². The van der Waals surface area contributed by atoms with Gasteiger partial charge in [0.05, 0.1) is 7.11 Å². The molecule has 1 aromatic rings. The molecule has 0 saturated heterocycles. The van der Waals surface area contributed by atoms with Crippen LogP contribution >= 0.6 is 0 Å². The van der Waals surface area contributed by atoms with Gasteiger partial charge in [-0.3, -0.25) is 0 Å². The van der Waals surface area contributed by atoms with Crippen molar-refractivity contribution in [3.05, 3.63) is 18.0 Å². The Morgan fingerprint density at radius 2 is 1.64 bits per heavy atom. The number of nitrogens with zero attached hydrogens (tertiary/aromatic N) is 2. The second kappa shape index (κ2) is 5.65. The third-order valence-corrected chi connectivity index (χ3v) is 0.940. The quantitative estimate of drug-likeness (QED) is 0.619. The molecule has 1 aromatic heterocycles. The number of hydrogen-bond donors (Lipinski definition) is 0. The zero-order valence-electron chi connectivity index (χ0n) is 7.46. The van der Waals surface area contributed by atoms with Gasteiger partial charge in [-0.05, 0) is 12.5 Å². The average Bonchev–Trinajstić information content (AvgIpc) is 2.10. The molecule has 0 N–H and O–H groups in total. The van der Waals surface area contributed by atoms with Gasteiger partial charge in [0.2, 0.25) is 0 Å². The third kappa shape index (κ3) is 3.55. The van der Waals surface area contributed by atoms with Crippen molar-refractivity contribution in [1.82, 2.24) is 9.97 Å². The lowest BCUT2D eigenvalue weighted by molar-refractivity contribution is 0.379. The molecule has 1 rings (SSSR count). The molecule has 0 atom stereocenters. The number of ether oxygens (including phenoxy) is 1. The van der Waals surface area contributed by atoms with Crippen molar-refractivity contribution in [3.8, 4) is 6.01 Å². The molecular formula is C8H14N2O. The van der Waals surface area contributed by atoms with E-state index < -0.39 is 0 Å². The van der Waals surface area contributed by atoms with Gasteiger partial charge >= 0.3 is 6.01 Å². The fourth-order valence-corrected chi connectivity index (χ4v) is 0.486. The maximum absolute atomic E-state index is 4.75. The summed E-state index contributed by atoms with van der Waals surface area (Å²) in [6, 6.07) is 0.417. The van der Waals surface area contributed by atoms with E-state index in [0.29, 0.717) is 6.01 Å². The second-order valence-electron chi connectivity index (χ2n) is 1.75. The van der Waals surface area contributed by atoms with Crippen molar-refractivity contribution >= 4 is 0 Å². The molecule has 1 heterocycles. The van der Waals surface area contributed by atoms with Crippen LogP contribution in [0.5, 0.6) is 6.01 Å². The number of methoxy groups -OCH3 is 1. The third-order valence-electron chi connectivity index (χ3n) is 0.940. The number of aryl methyl sites for hydroxylation is 1. The zero-order chi connectivity index (χ0) is 8.69. The van der Waals surface area contributed by atoms with Crippen molar-refractivity contribution in [1.29, 1.82) is 0 Å². The monoisotopic (exact) mass is 154 g/mol. The molecule has 62 valence electrons. The van der Waals surface area contributed by atoms with Crippen LogP contribution in [-0.2, 0) is 0 Å². The molecule has 0 bridgehead atoms. The van der Waals surface area contributed by atoms with Crippen LogP contribution in [0.15, 0.2) is 12.4 Å². The summed E-state index contributed by atoms with van der Waals surface area (Å²) in [5.41, 5.74) is 1.04. The molecule has 0 aliphatic heterocycles. The molecule has 0 amide bonds. The van der Waals surface area contributed by atoms with Crippen molar-refractivity contribution < 1.29 is 4.74 Å². The van der Waals surface area contributed by atoms with Gasteiger partial charge in [0.1, 0.15) is 0 Å². The maximum Gasteiger partial charge on any atom is 0.316 e. The summed E-state index contributed by atoms with van der Waals surface area (Å²) >= 11 is 0. The number of aromatic nitrogens is 2. The summed E-state index contributed by atoms with van der Waals surface area (Å²) in [6.07, 6.45) is 3.43. The van der Waals surface area contributed by atoms with Gasteiger partial charge in [0, 0.05) is 12.4 Å². The first-order valence-electron chi connectivity index (χ1n) is 3.65. The summed E-state index contributed by atoms with van der Waals surface area (Å²) in [6.45, 7) is 5.93. The fourth-order valence-electron chi connectivity index (χ4n) is 0.486. The average molecular weight is 154 g/mol. The normalized spacial score (nSPS) is 8.00. The van der Waals surface area contributed by atoms with E-state index in [-0.39, 0.29) is 0 Å².